The highest BCUT2D eigenvalue weighted by Crippen LogP contribution is 2.20. The topological polar surface area (TPSA) is 87.7 Å². The molecule has 0 fully saturated rings. The summed E-state index contributed by atoms with van der Waals surface area (Å²) in [6.07, 6.45) is 0.296. The number of rotatable bonds is 7. The maximum absolute atomic E-state index is 11.8. The minimum Gasteiger partial charge on any atom is -0.395 e. The number of ether oxygens (including phenoxy) is 1. The first kappa shape index (κ1) is 17.8. The fourth-order valence-corrected chi connectivity index (χ4v) is 2.45. The largest absolute Gasteiger partial charge is 0.395 e. The van der Waals surface area contributed by atoms with Crippen molar-refractivity contribution in [2.45, 2.75) is 6.42 Å². The number of halogens is 1. The van der Waals surface area contributed by atoms with E-state index in [0.717, 1.165) is 0 Å². The zero-order chi connectivity index (χ0) is 15.7. The van der Waals surface area contributed by atoms with Gasteiger partial charge in [-0.1, -0.05) is 23.4 Å². The van der Waals surface area contributed by atoms with Crippen LogP contribution in [0.1, 0.15) is 12.0 Å². The van der Waals surface area contributed by atoms with E-state index in [4.69, 9.17) is 21.4 Å². The summed E-state index contributed by atoms with van der Waals surface area (Å²) in [7, 11) is -2.23. The Morgan fingerprint density at radius 2 is 2.19 bits per heavy atom. The molecule has 1 rings (SSSR count). The third-order valence-electron chi connectivity index (χ3n) is 2.28. The molecule has 8 heteroatoms. The maximum Gasteiger partial charge on any atom is 0.299 e. The van der Waals surface area contributed by atoms with Crippen molar-refractivity contribution < 1.29 is 18.3 Å². The summed E-state index contributed by atoms with van der Waals surface area (Å²) >= 11 is 5.88. The van der Waals surface area contributed by atoms with Crippen LogP contribution in [-0.4, -0.2) is 40.4 Å². The number of anilines is 1. The Morgan fingerprint density at radius 3 is 2.86 bits per heavy atom. The molecule has 0 saturated carbocycles. The van der Waals surface area contributed by atoms with Gasteiger partial charge in [-0.3, -0.25) is 4.72 Å². The molecule has 3 N–H and O–H groups in total. The van der Waals surface area contributed by atoms with Crippen LogP contribution in [0, 0.1) is 11.8 Å². The lowest BCUT2D eigenvalue weighted by Gasteiger charge is -2.11. The predicted octanol–water partition coefficient (Wildman–Crippen LogP) is 0.967. The van der Waals surface area contributed by atoms with Crippen LogP contribution in [-0.2, 0) is 14.9 Å². The molecule has 6 nitrogen and oxygen atoms in total. The van der Waals surface area contributed by atoms with Crippen LogP contribution in [0.3, 0.4) is 0 Å². The number of benzene rings is 1. The average Bonchev–Trinajstić information content (AvgIpc) is 2.42. The second kappa shape index (κ2) is 8.87. The van der Waals surface area contributed by atoms with Crippen molar-refractivity contribution in [2.24, 2.45) is 0 Å². The molecular weight excluding hydrogens is 316 g/mol. The molecular formula is C13H17ClN2O4S. The second-order valence-electron chi connectivity index (χ2n) is 3.96. The summed E-state index contributed by atoms with van der Waals surface area (Å²) in [5, 5.41) is 9.16. The Bertz CT molecular complexity index is 623. The van der Waals surface area contributed by atoms with Gasteiger partial charge < -0.3 is 9.84 Å². The van der Waals surface area contributed by atoms with Crippen LogP contribution in [0.2, 0.25) is 5.02 Å². The predicted molar refractivity (Wildman–Crippen MR) is 82.5 cm³/mol. The van der Waals surface area contributed by atoms with Crippen molar-refractivity contribution in [2.75, 3.05) is 31.6 Å². The first-order valence-corrected chi connectivity index (χ1v) is 8.00. The molecule has 0 unspecified atom stereocenters. The highest BCUT2D eigenvalue weighted by Gasteiger charge is 2.11. The normalized spacial score (nSPS) is 10.8. The van der Waals surface area contributed by atoms with E-state index in [9.17, 15) is 8.42 Å². The number of hydrogen-bond donors (Lipinski definition) is 3. The molecule has 0 bridgehead atoms. The Hall–Kier alpha value is -1.30. The van der Waals surface area contributed by atoms with Gasteiger partial charge in [-0.25, -0.2) is 0 Å². The first-order valence-electron chi connectivity index (χ1n) is 6.14. The van der Waals surface area contributed by atoms with Crippen LogP contribution in [0.4, 0.5) is 5.69 Å². The summed E-state index contributed by atoms with van der Waals surface area (Å²) in [5.74, 6) is 5.49. The fourth-order valence-electron chi connectivity index (χ4n) is 1.38. The molecule has 0 aliphatic rings. The number of aliphatic hydroxyl groups excluding tert-OH is 1. The fraction of sp³-hybridized carbons (Fsp3) is 0.385. The highest BCUT2D eigenvalue weighted by atomic mass is 35.5. The van der Waals surface area contributed by atoms with Crippen LogP contribution in [0.15, 0.2) is 18.2 Å². The molecule has 0 radical (unpaired) electrons. The van der Waals surface area contributed by atoms with E-state index in [2.05, 4.69) is 21.3 Å². The Balaban J connectivity index is 2.90. The van der Waals surface area contributed by atoms with Crippen LogP contribution in [0.5, 0.6) is 0 Å². The first-order chi connectivity index (χ1) is 9.98. The van der Waals surface area contributed by atoms with Gasteiger partial charge in [0.15, 0.2) is 0 Å². The minimum absolute atomic E-state index is 0.0623. The zero-order valence-electron chi connectivity index (χ0n) is 11.5. The molecule has 0 saturated heterocycles. The van der Waals surface area contributed by atoms with Gasteiger partial charge in [0, 0.05) is 25.1 Å². The minimum atomic E-state index is -3.71. The monoisotopic (exact) mass is 332 g/mol. The summed E-state index contributed by atoms with van der Waals surface area (Å²) in [4.78, 5) is 0. The number of nitrogens with one attached hydrogen (secondary N) is 2. The summed E-state index contributed by atoms with van der Waals surface area (Å²) < 4.78 is 33.2. The second-order valence-corrected chi connectivity index (χ2v) is 5.89. The maximum atomic E-state index is 11.8. The lowest BCUT2D eigenvalue weighted by Crippen LogP contribution is -2.32. The Morgan fingerprint density at radius 1 is 1.43 bits per heavy atom. The molecule has 0 aliphatic carbocycles. The van der Waals surface area contributed by atoms with Crippen molar-refractivity contribution in [3.8, 4) is 11.8 Å². The molecule has 0 atom stereocenters. The highest BCUT2D eigenvalue weighted by molar-refractivity contribution is 7.90. The third-order valence-corrected chi connectivity index (χ3v) is 3.59. The van der Waals surface area contributed by atoms with E-state index < -0.39 is 10.2 Å². The van der Waals surface area contributed by atoms with Gasteiger partial charge in [-0.15, -0.1) is 0 Å². The molecule has 21 heavy (non-hydrogen) atoms. The van der Waals surface area contributed by atoms with Crippen molar-refractivity contribution in [1.82, 2.24) is 4.72 Å². The van der Waals surface area contributed by atoms with Crippen LogP contribution < -0.4 is 9.44 Å². The van der Waals surface area contributed by atoms with Gasteiger partial charge in [-0.05, 0) is 18.2 Å². The van der Waals surface area contributed by atoms with Crippen molar-refractivity contribution in [3.63, 3.8) is 0 Å². The summed E-state index contributed by atoms with van der Waals surface area (Å²) in [6.45, 7) is 0.364. The number of methoxy groups -OCH3 is 1. The third kappa shape index (κ3) is 6.80. The molecule has 1 aromatic rings. The number of hydrogen-bond acceptors (Lipinski definition) is 4. The summed E-state index contributed by atoms with van der Waals surface area (Å²) in [6, 6.07) is 4.64. The lowest BCUT2D eigenvalue weighted by molar-refractivity contribution is 0.204. The standard InChI is InChI=1S/C13H17ClN2O4S/c1-20-9-7-15-21(18,19)16-13-6-5-12(14)10-11(13)4-2-3-8-17/h5-6,10,15-17H,3,7-9H2,1H3. The Kier molecular flexibility index (Phi) is 7.50. The van der Waals surface area contributed by atoms with E-state index >= 15 is 0 Å². The molecule has 0 amide bonds. The molecule has 0 spiro atoms. The van der Waals surface area contributed by atoms with E-state index in [1.54, 1.807) is 12.1 Å². The van der Waals surface area contributed by atoms with Gasteiger partial charge in [0.05, 0.1) is 24.5 Å². The zero-order valence-corrected chi connectivity index (χ0v) is 13.1. The molecule has 0 heterocycles. The van der Waals surface area contributed by atoms with E-state index in [1.165, 1.54) is 13.2 Å². The van der Waals surface area contributed by atoms with Gasteiger partial charge >= 0.3 is 0 Å². The SMILES string of the molecule is COCCNS(=O)(=O)Nc1ccc(Cl)cc1C#CCCO. The van der Waals surface area contributed by atoms with Gasteiger partial charge in [-0.2, -0.15) is 13.1 Å². The molecule has 0 aromatic heterocycles. The van der Waals surface area contributed by atoms with Gasteiger partial charge in [0.2, 0.25) is 0 Å². The lowest BCUT2D eigenvalue weighted by atomic mass is 10.2. The van der Waals surface area contributed by atoms with E-state index in [-0.39, 0.29) is 19.8 Å². The number of aliphatic hydroxyl groups is 1. The quantitative estimate of drug-likeness (QED) is 0.513. The molecule has 116 valence electrons. The van der Waals surface area contributed by atoms with E-state index in [1.807, 2.05) is 0 Å². The van der Waals surface area contributed by atoms with Crippen LogP contribution >= 0.6 is 11.6 Å². The van der Waals surface area contributed by atoms with Gasteiger partial charge in [0.25, 0.3) is 10.2 Å². The summed E-state index contributed by atoms with van der Waals surface area (Å²) in [5.41, 5.74) is 0.753. The van der Waals surface area contributed by atoms with Crippen molar-refractivity contribution in [3.05, 3.63) is 28.8 Å². The van der Waals surface area contributed by atoms with Crippen molar-refractivity contribution in [1.29, 1.82) is 0 Å². The van der Waals surface area contributed by atoms with Crippen LogP contribution in [0.25, 0.3) is 0 Å². The smallest absolute Gasteiger partial charge is 0.299 e. The Labute approximate surface area is 129 Å². The van der Waals surface area contributed by atoms with Gasteiger partial charge in [0.1, 0.15) is 0 Å². The van der Waals surface area contributed by atoms with Crippen molar-refractivity contribution >= 4 is 27.5 Å². The molecule has 1 aromatic carbocycles. The van der Waals surface area contributed by atoms with E-state index in [0.29, 0.717) is 22.7 Å². The average molecular weight is 333 g/mol. The molecule has 0 aliphatic heterocycles.